The van der Waals surface area contributed by atoms with Gasteiger partial charge in [-0.1, -0.05) is 13.8 Å². The third kappa shape index (κ3) is 2.58. The van der Waals surface area contributed by atoms with E-state index in [4.69, 9.17) is 18.9 Å². The van der Waals surface area contributed by atoms with Gasteiger partial charge in [-0.3, -0.25) is 4.79 Å². The van der Waals surface area contributed by atoms with E-state index in [0.717, 1.165) is 38.9 Å². The zero-order valence-corrected chi connectivity index (χ0v) is 18.9. The number of Topliss-reactive ketones (excluding diaryl/α,β-unsaturated/α-hetero) is 1. The van der Waals surface area contributed by atoms with Crippen LogP contribution in [0.4, 0.5) is 0 Å². The highest BCUT2D eigenvalue weighted by molar-refractivity contribution is 5.84. The van der Waals surface area contributed by atoms with E-state index >= 15 is 0 Å². The molecule has 6 rings (SSSR count). The Kier molecular flexibility index (Phi) is 4.38. The number of rotatable bonds is 1. The van der Waals surface area contributed by atoms with Crippen LogP contribution in [-0.4, -0.2) is 43.8 Å². The molecule has 0 radical (unpaired) electrons. The van der Waals surface area contributed by atoms with Gasteiger partial charge in [-0.05, 0) is 67.6 Å². The number of carbonyl (C=O) groups is 1. The first-order valence-electron chi connectivity index (χ1n) is 12.4. The minimum atomic E-state index is -0.508. The number of hydrogen-bond donors (Lipinski definition) is 0. The maximum atomic E-state index is 13.9. The minimum absolute atomic E-state index is 0.00804. The Bertz CT molecular complexity index is 723. The predicted molar refractivity (Wildman–Crippen MR) is 111 cm³/mol. The molecule has 2 aliphatic heterocycles. The zero-order valence-electron chi connectivity index (χ0n) is 18.9. The number of hydrogen-bond acceptors (Lipinski definition) is 5. The van der Waals surface area contributed by atoms with Gasteiger partial charge in [-0.2, -0.15) is 0 Å². The van der Waals surface area contributed by atoms with Gasteiger partial charge in [0.1, 0.15) is 5.78 Å². The molecule has 7 atom stereocenters. The quantitative estimate of drug-likeness (QED) is 0.634. The van der Waals surface area contributed by atoms with Crippen molar-refractivity contribution in [3.63, 3.8) is 0 Å². The van der Waals surface area contributed by atoms with Crippen LogP contribution in [0.5, 0.6) is 0 Å². The third-order valence-corrected chi connectivity index (χ3v) is 10.7. The molecule has 1 spiro atoms. The summed E-state index contributed by atoms with van der Waals surface area (Å²) in [7, 11) is 0. The molecule has 0 unspecified atom stereocenters. The maximum Gasteiger partial charge on any atom is 0.169 e. The smallest absolute Gasteiger partial charge is 0.169 e. The summed E-state index contributed by atoms with van der Waals surface area (Å²) in [5, 5.41) is 0. The number of fused-ring (bicyclic) bond motifs is 5. The molecule has 4 aliphatic carbocycles. The summed E-state index contributed by atoms with van der Waals surface area (Å²) in [5.41, 5.74) is 0.109. The number of ketones is 1. The molecule has 2 saturated heterocycles. The van der Waals surface area contributed by atoms with Crippen LogP contribution in [0.25, 0.3) is 0 Å². The molecule has 5 heteroatoms. The molecule has 168 valence electrons. The zero-order chi connectivity index (χ0) is 20.8. The van der Waals surface area contributed by atoms with E-state index in [1.807, 2.05) is 0 Å². The Hall–Kier alpha value is -0.490. The van der Waals surface area contributed by atoms with Gasteiger partial charge >= 0.3 is 0 Å². The third-order valence-electron chi connectivity index (χ3n) is 10.7. The first kappa shape index (κ1) is 20.1. The Morgan fingerprint density at radius 1 is 0.800 bits per heavy atom. The van der Waals surface area contributed by atoms with Crippen molar-refractivity contribution in [3.8, 4) is 0 Å². The van der Waals surface area contributed by atoms with E-state index < -0.39 is 5.79 Å². The van der Waals surface area contributed by atoms with E-state index in [9.17, 15) is 4.79 Å². The lowest BCUT2D eigenvalue weighted by Crippen LogP contribution is -2.60. The predicted octanol–water partition coefficient (Wildman–Crippen LogP) is 4.33. The van der Waals surface area contributed by atoms with E-state index in [1.165, 1.54) is 19.3 Å². The summed E-state index contributed by atoms with van der Waals surface area (Å²) in [4.78, 5) is 13.9. The maximum absolute atomic E-state index is 13.9. The fourth-order valence-corrected chi connectivity index (χ4v) is 9.36. The fraction of sp³-hybridized carbons (Fsp3) is 0.960. The minimum Gasteiger partial charge on any atom is -0.348 e. The molecular formula is C25H38O5. The van der Waals surface area contributed by atoms with Crippen LogP contribution >= 0.6 is 0 Å². The number of carbonyl (C=O) groups excluding carboxylic acids is 1. The average molecular weight is 419 g/mol. The Labute approximate surface area is 180 Å². The standard InChI is InChI=1S/C25H38O5/c1-22-8-9-25(29-12-13-30-25)14-16(22)4-5-17-18-6-7-20(24(3)27-10-11-28-24)23(18,2)15-19(26)21(17)22/h16-18,20-21H,4-15H2,1-3H3/t16-,17-,18+,20+,21-,22-,23-/m0/s1. The van der Waals surface area contributed by atoms with Crippen molar-refractivity contribution in [2.45, 2.75) is 83.7 Å². The summed E-state index contributed by atoms with van der Waals surface area (Å²) in [6, 6.07) is 0. The van der Waals surface area contributed by atoms with Crippen molar-refractivity contribution in [2.75, 3.05) is 26.4 Å². The van der Waals surface area contributed by atoms with Gasteiger partial charge in [0.05, 0.1) is 26.4 Å². The first-order chi connectivity index (χ1) is 14.3. The van der Waals surface area contributed by atoms with Gasteiger partial charge in [0.2, 0.25) is 0 Å². The molecule has 0 bridgehead atoms. The van der Waals surface area contributed by atoms with Crippen LogP contribution in [0.1, 0.15) is 72.1 Å². The molecule has 5 nitrogen and oxygen atoms in total. The van der Waals surface area contributed by atoms with Gasteiger partial charge < -0.3 is 18.9 Å². The Morgan fingerprint density at radius 3 is 2.23 bits per heavy atom. The van der Waals surface area contributed by atoms with E-state index in [2.05, 4.69) is 20.8 Å². The largest absolute Gasteiger partial charge is 0.348 e. The van der Waals surface area contributed by atoms with Crippen molar-refractivity contribution in [1.29, 1.82) is 0 Å². The van der Waals surface area contributed by atoms with Crippen LogP contribution in [0.3, 0.4) is 0 Å². The Balaban J connectivity index is 1.29. The van der Waals surface area contributed by atoms with Gasteiger partial charge in [-0.15, -0.1) is 0 Å². The second-order valence-electron chi connectivity index (χ2n) is 11.8. The second-order valence-corrected chi connectivity index (χ2v) is 11.8. The summed E-state index contributed by atoms with van der Waals surface area (Å²) in [6.07, 6.45) is 8.41. The van der Waals surface area contributed by atoms with Crippen LogP contribution < -0.4 is 0 Å². The van der Waals surface area contributed by atoms with Crippen molar-refractivity contribution in [1.82, 2.24) is 0 Å². The molecule has 0 aromatic heterocycles. The molecule has 0 amide bonds. The molecule has 6 fully saturated rings. The summed E-state index contributed by atoms with van der Waals surface area (Å²) >= 11 is 0. The summed E-state index contributed by atoms with van der Waals surface area (Å²) < 4.78 is 24.4. The highest BCUT2D eigenvalue weighted by Crippen LogP contribution is 2.68. The lowest BCUT2D eigenvalue weighted by molar-refractivity contribution is -0.234. The SMILES string of the molecule is CC1([C@@H]2CC[C@@H]3[C@@H]4CC[C@H]5CC6(CC[C@]5(C)[C@@H]4C(=O)C[C@@]32C)OCCO6)OCCO1. The van der Waals surface area contributed by atoms with Crippen molar-refractivity contribution in [3.05, 3.63) is 0 Å². The van der Waals surface area contributed by atoms with Crippen LogP contribution in [0.15, 0.2) is 0 Å². The van der Waals surface area contributed by atoms with E-state index in [0.29, 0.717) is 49.1 Å². The van der Waals surface area contributed by atoms with Crippen LogP contribution in [-0.2, 0) is 23.7 Å². The van der Waals surface area contributed by atoms with Gasteiger partial charge in [-0.25, -0.2) is 0 Å². The van der Waals surface area contributed by atoms with E-state index in [1.54, 1.807) is 0 Å². The molecular weight excluding hydrogens is 380 g/mol. The molecule has 4 saturated carbocycles. The van der Waals surface area contributed by atoms with E-state index in [-0.39, 0.29) is 22.5 Å². The second kappa shape index (κ2) is 6.52. The molecule has 6 aliphatic rings. The average Bonchev–Trinajstić information content (AvgIpc) is 3.41. The van der Waals surface area contributed by atoms with Crippen LogP contribution in [0, 0.1) is 40.4 Å². The topological polar surface area (TPSA) is 54.0 Å². The molecule has 0 aromatic carbocycles. The number of ether oxygens (including phenoxy) is 4. The normalized spacial score (nSPS) is 51.6. The van der Waals surface area contributed by atoms with Crippen molar-refractivity contribution >= 4 is 5.78 Å². The Morgan fingerprint density at radius 2 is 1.50 bits per heavy atom. The molecule has 2 heterocycles. The lowest BCUT2D eigenvalue weighted by Gasteiger charge is -2.61. The molecule has 0 aromatic rings. The molecule has 0 N–H and O–H groups in total. The summed E-state index contributed by atoms with van der Waals surface area (Å²) in [6.45, 7) is 9.73. The van der Waals surface area contributed by atoms with Crippen molar-refractivity contribution in [2.24, 2.45) is 40.4 Å². The van der Waals surface area contributed by atoms with Gasteiger partial charge in [0, 0.05) is 31.1 Å². The van der Waals surface area contributed by atoms with Crippen molar-refractivity contribution < 1.29 is 23.7 Å². The first-order valence-corrected chi connectivity index (χ1v) is 12.4. The molecule has 30 heavy (non-hydrogen) atoms. The van der Waals surface area contributed by atoms with Gasteiger partial charge in [0.25, 0.3) is 0 Å². The highest BCUT2D eigenvalue weighted by atomic mass is 16.7. The van der Waals surface area contributed by atoms with Crippen LogP contribution in [0.2, 0.25) is 0 Å². The van der Waals surface area contributed by atoms with Gasteiger partial charge in [0.15, 0.2) is 11.6 Å². The highest BCUT2D eigenvalue weighted by Gasteiger charge is 2.67. The summed E-state index contributed by atoms with van der Waals surface area (Å²) in [5.74, 6) is 1.86. The lowest BCUT2D eigenvalue weighted by atomic mass is 9.44. The fourth-order valence-electron chi connectivity index (χ4n) is 9.36. The monoisotopic (exact) mass is 418 g/mol.